The zero-order chi connectivity index (χ0) is 15.9. The van der Waals surface area contributed by atoms with Crippen LogP contribution in [0.15, 0.2) is 42.5 Å². The van der Waals surface area contributed by atoms with Crippen LogP contribution in [-0.2, 0) is 22.4 Å². The fourth-order valence-corrected chi connectivity index (χ4v) is 2.15. The third-order valence-electron chi connectivity index (χ3n) is 3.18. The van der Waals surface area contributed by atoms with Crippen LogP contribution in [0.1, 0.15) is 25.0 Å². The first kappa shape index (κ1) is 16.0. The highest BCUT2D eigenvalue weighted by molar-refractivity contribution is 5.72. The summed E-state index contributed by atoms with van der Waals surface area (Å²) in [6.45, 7) is 4.08. The molecule has 0 bridgehead atoms. The summed E-state index contributed by atoms with van der Waals surface area (Å²) in [5.74, 6) is 0.691. The molecule has 22 heavy (non-hydrogen) atoms. The van der Waals surface area contributed by atoms with E-state index in [1.165, 1.54) is 12.1 Å². The summed E-state index contributed by atoms with van der Waals surface area (Å²) in [5.41, 5.74) is 1.62. The average molecular weight is 302 g/mol. The van der Waals surface area contributed by atoms with E-state index in [-0.39, 0.29) is 18.2 Å². The van der Waals surface area contributed by atoms with E-state index in [2.05, 4.69) is 0 Å². The number of halogens is 1. The van der Waals surface area contributed by atoms with Crippen molar-refractivity contribution in [2.75, 3.05) is 6.61 Å². The SMILES string of the molecule is CCOC(=O)Cc1cccc(Oc2ccc(F)cc2CC)c1. The molecule has 2 aromatic rings. The van der Waals surface area contributed by atoms with Gasteiger partial charge < -0.3 is 9.47 Å². The highest BCUT2D eigenvalue weighted by atomic mass is 19.1. The van der Waals surface area contributed by atoms with Crippen molar-refractivity contribution in [1.29, 1.82) is 0 Å². The molecule has 116 valence electrons. The molecule has 0 spiro atoms. The molecule has 0 N–H and O–H groups in total. The van der Waals surface area contributed by atoms with E-state index in [0.717, 1.165) is 11.1 Å². The number of esters is 1. The molecule has 0 saturated carbocycles. The lowest BCUT2D eigenvalue weighted by Gasteiger charge is -2.11. The Labute approximate surface area is 129 Å². The zero-order valence-corrected chi connectivity index (χ0v) is 12.8. The highest BCUT2D eigenvalue weighted by Crippen LogP contribution is 2.27. The number of ether oxygens (including phenoxy) is 2. The van der Waals surface area contributed by atoms with E-state index >= 15 is 0 Å². The number of hydrogen-bond acceptors (Lipinski definition) is 3. The van der Waals surface area contributed by atoms with Gasteiger partial charge in [-0.3, -0.25) is 4.79 Å². The molecule has 0 aliphatic carbocycles. The van der Waals surface area contributed by atoms with E-state index in [9.17, 15) is 9.18 Å². The standard InChI is InChI=1S/C18H19FO3/c1-3-14-12-15(19)8-9-17(14)22-16-7-5-6-13(10-16)11-18(20)21-4-2/h5-10,12H,3-4,11H2,1-2H3. The van der Waals surface area contributed by atoms with E-state index in [1.807, 2.05) is 19.1 Å². The van der Waals surface area contributed by atoms with Crippen molar-refractivity contribution in [2.45, 2.75) is 26.7 Å². The molecule has 0 heterocycles. The fourth-order valence-electron chi connectivity index (χ4n) is 2.15. The maximum Gasteiger partial charge on any atom is 0.310 e. The third-order valence-corrected chi connectivity index (χ3v) is 3.18. The predicted molar refractivity (Wildman–Crippen MR) is 82.6 cm³/mol. The quantitative estimate of drug-likeness (QED) is 0.747. The van der Waals surface area contributed by atoms with Gasteiger partial charge >= 0.3 is 5.97 Å². The van der Waals surface area contributed by atoms with Gasteiger partial charge in [-0.1, -0.05) is 19.1 Å². The van der Waals surface area contributed by atoms with Crippen LogP contribution in [0.25, 0.3) is 0 Å². The van der Waals surface area contributed by atoms with Gasteiger partial charge in [0.25, 0.3) is 0 Å². The number of benzene rings is 2. The van der Waals surface area contributed by atoms with Crippen molar-refractivity contribution in [2.24, 2.45) is 0 Å². The Bertz CT molecular complexity index is 653. The van der Waals surface area contributed by atoms with Gasteiger partial charge in [-0.25, -0.2) is 4.39 Å². The lowest BCUT2D eigenvalue weighted by atomic mass is 10.1. The summed E-state index contributed by atoms with van der Waals surface area (Å²) in [6, 6.07) is 11.7. The van der Waals surface area contributed by atoms with Crippen LogP contribution in [0.4, 0.5) is 4.39 Å². The lowest BCUT2D eigenvalue weighted by molar-refractivity contribution is -0.142. The maximum atomic E-state index is 13.2. The van der Waals surface area contributed by atoms with Crippen LogP contribution in [0.5, 0.6) is 11.5 Å². The summed E-state index contributed by atoms with van der Waals surface area (Å²) in [7, 11) is 0. The summed E-state index contributed by atoms with van der Waals surface area (Å²) in [6.07, 6.45) is 0.880. The second-order valence-electron chi connectivity index (χ2n) is 4.84. The second kappa shape index (κ2) is 7.59. The molecule has 0 fully saturated rings. The molecule has 0 aromatic heterocycles. The third kappa shape index (κ3) is 4.32. The van der Waals surface area contributed by atoms with Crippen LogP contribution in [-0.4, -0.2) is 12.6 Å². The molecular weight excluding hydrogens is 283 g/mol. The Hall–Kier alpha value is -2.36. The van der Waals surface area contributed by atoms with Crippen molar-refractivity contribution in [3.8, 4) is 11.5 Å². The minimum atomic E-state index is -0.278. The fraction of sp³-hybridized carbons (Fsp3) is 0.278. The summed E-state index contributed by atoms with van der Waals surface area (Å²) in [5, 5.41) is 0. The van der Waals surface area contributed by atoms with Crippen molar-refractivity contribution >= 4 is 5.97 Å². The average Bonchev–Trinajstić information content (AvgIpc) is 2.49. The smallest absolute Gasteiger partial charge is 0.310 e. The molecule has 0 amide bonds. The largest absolute Gasteiger partial charge is 0.466 e. The van der Waals surface area contributed by atoms with Crippen LogP contribution < -0.4 is 4.74 Å². The zero-order valence-electron chi connectivity index (χ0n) is 12.8. The molecule has 0 aliphatic rings. The predicted octanol–water partition coefficient (Wildman–Crippen LogP) is 4.29. The minimum absolute atomic E-state index is 0.203. The molecule has 0 aliphatic heterocycles. The molecule has 0 saturated heterocycles. The van der Waals surface area contributed by atoms with Gasteiger partial charge in [0.2, 0.25) is 0 Å². The Morgan fingerprint density at radius 2 is 1.95 bits per heavy atom. The van der Waals surface area contributed by atoms with Gasteiger partial charge in [-0.05, 0) is 54.8 Å². The molecule has 4 heteroatoms. The van der Waals surface area contributed by atoms with Gasteiger partial charge in [0, 0.05) is 0 Å². The van der Waals surface area contributed by atoms with Crippen LogP contribution >= 0.6 is 0 Å². The Morgan fingerprint density at radius 3 is 2.68 bits per heavy atom. The number of hydrogen-bond donors (Lipinski definition) is 0. The van der Waals surface area contributed by atoms with Crippen molar-refractivity contribution in [3.63, 3.8) is 0 Å². The van der Waals surface area contributed by atoms with E-state index < -0.39 is 0 Å². The molecule has 2 aromatic carbocycles. The normalized spacial score (nSPS) is 10.3. The number of carbonyl (C=O) groups excluding carboxylic acids is 1. The first-order valence-corrected chi connectivity index (χ1v) is 7.33. The van der Waals surface area contributed by atoms with Gasteiger partial charge in [0.15, 0.2) is 0 Å². The molecule has 2 rings (SSSR count). The highest BCUT2D eigenvalue weighted by Gasteiger charge is 2.08. The van der Waals surface area contributed by atoms with Gasteiger partial charge in [-0.15, -0.1) is 0 Å². The first-order valence-electron chi connectivity index (χ1n) is 7.33. The maximum absolute atomic E-state index is 13.2. The molecular formula is C18H19FO3. The molecule has 3 nitrogen and oxygen atoms in total. The van der Waals surface area contributed by atoms with E-state index in [1.54, 1.807) is 25.1 Å². The Kier molecular flexibility index (Phi) is 5.53. The van der Waals surface area contributed by atoms with Gasteiger partial charge in [0.05, 0.1) is 13.0 Å². The van der Waals surface area contributed by atoms with Crippen LogP contribution in [0.3, 0.4) is 0 Å². The summed E-state index contributed by atoms with van der Waals surface area (Å²) >= 11 is 0. The number of rotatable bonds is 6. The first-order chi connectivity index (χ1) is 10.6. The van der Waals surface area contributed by atoms with E-state index in [4.69, 9.17) is 9.47 Å². The Morgan fingerprint density at radius 1 is 1.14 bits per heavy atom. The van der Waals surface area contributed by atoms with Crippen molar-refractivity contribution in [3.05, 3.63) is 59.4 Å². The number of carbonyl (C=O) groups is 1. The number of aryl methyl sites for hydroxylation is 1. The van der Waals surface area contributed by atoms with Crippen LogP contribution in [0, 0.1) is 5.82 Å². The second-order valence-corrected chi connectivity index (χ2v) is 4.84. The van der Waals surface area contributed by atoms with Crippen LogP contribution in [0.2, 0.25) is 0 Å². The molecule has 0 radical (unpaired) electrons. The van der Waals surface area contributed by atoms with E-state index in [0.29, 0.717) is 24.5 Å². The minimum Gasteiger partial charge on any atom is -0.466 e. The topological polar surface area (TPSA) is 35.5 Å². The summed E-state index contributed by atoms with van der Waals surface area (Å²) < 4.78 is 24.0. The molecule has 0 atom stereocenters. The monoisotopic (exact) mass is 302 g/mol. The van der Waals surface area contributed by atoms with Gasteiger partial charge in [-0.2, -0.15) is 0 Å². The van der Waals surface area contributed by atoms with Crippen molar-refractivity contribution < 1.29 is 18.7 Å². The Balaban J connectivity index is 2.15. The van der Waals surface area contributed by atoms with Gasteiger partial charge in [0.1, 0.15) is 17.3 Å². The lowest BCUT2D eigenvalue weighted by Crippen LogP contribution is -2.07. The molecule has 0 unspecified atom stereocenters. The van der Waals surface area contributed by atoms with Crippen molar-refractivity contribution in [1.82, 2.24) is 0 Å². The summed E-state index contributed by atoms with van der Waals surface area (Å²) in [4.78, 5) is 11.5.